The first-order chi connectivity index (χ1) is 20.9. The number of anilines is 2. The zero-order valence-corrected chi connectivity index (χ0v) is 32.6. The maximum absolute atomic E-state index is 11.2. The van der Waals surface area contributed by atoms with E-state index in [-0.39, 0.29) is 11.8 Å². The highest BCUT2D eigenvalue weighted by molar-refractivity contribution is 9.10. The average Bonchev–Trinajstić information content (AvgIpc) is 2.99. The number of carbonyl (C=O) groups excluding carboxylic acids is 2. The van der Waals surface area contributed by atoms with E-state index in [0.717, 1.165) is 55.4 Å². The summed E-state index contributed by atoms with van der Waals surface area (Å²) in [6.45, 7) is 26.1. The molecule has 7 heteroatoms. The van der Waals surface area contributed by atoms with Crippen LogP contribution in [-0.4, -0.2) is 43.2 Å². The highest BCUT2D eigenvalue weighted by Crippen LogP contribution is 2.39. The summed E-state index contributed by atoms with van der Waals surface area (Å²) in [5, 5.41) is 0. The summed E-state index contributed by atoms with van der Waals surface area (Å²) in [5.41, 5.74) is 6.32. The predicted octanol–water partition coefficient (Wildman–Crippen LogP) is 11.1. The van der Waals surface area contributed by atoms with Crippen LogP contribution in [0, 0.1) is 18.6 Å². The molecule has 2 amide bonds. The predicted molar refractivity (Wildman–Crippen MR) is 207 cm³/mol. The van der Waals surface area contributed by atoms with Crippen LogP contribution in [0.25, 0.3) is 5.57 Å². The number of hydrogen-bond acceptors (Lipinski definition) is 3. The normalized spacial score (nSPS) is 11.5. The molecule has 2 aromatic carbocycles. The number of halogens is 1. The molecule has 0 spiro atoms. The van der Waals surface area contributed by atoms with Gasteiger partial charge in [-0.1, -0.05) is 80.8 Å². The molecule has 2 aromatic rings. The molecule has 5 nitrogen and oxygen atoms in total. The Bertz CT molecular complexity index is 1330. The van der Waals surface area contributed by atoms with Crippen LogP contribution in [-0.2, 0) is 18.5 Å². The van der Waals surface area contributed by atoms with Gasteiger partial charge in [-0.25, -0.2) is 0 Å². The average molecular weight is 705 g/mol. The van der Waals surface area contributed by atoms with Crippen molar-refractivity contribution in [1.82, 2.24) is 0 Å². The van der Waals surface area contributed by atoms with E-state index in [1.54, 1.807) is 37.7 Å². The highest BCUT2D eigenvalue weighted by atomic mass is 79.9. The quantitative estimate of drug-likeness (QED) is 0.226. The van der Waals surface area contributed by atoms with Crippen molar-refractivity contribution < 1.29 is 9.59 Å². The third-order valence-electron chi connectivity index (χ3n) is 8.42. The Kier molecular flexibility index (Phi) is 18.8. The summed E-state index contributed by atoms with van der Waals surface area (Å²) in [7, 11) is 1.46. The molecule has 45 heavy (non-hydrogen) atoms. The van der Waals surface area contributed by atoms with Crippen LogP contribution in [0.5, 0.6) is 0 Å². The second-order valence-corrected chi connectivity index (χ2v) is 18.3. The lowest BCUT2D eigenvalue weighted by Gasteiger charge is -2.48. The third-order valence-corrected chi connectivity index (χ3v) is 15.0. The van der Waals surface area contributed by atoms with Gasteiger partial charge in [0.1, 0.15) is 0 Å². The molecule has 1 N–H and O–H groups in total. The van der Waals surface area contributed by atoms with Crippen molar-refractivity contribution in [2.45, 2.75) is 101 Å². The number of hydrogen-bond donors (Lipinski definition) is 1. The summed E-state index contributed by atoms with van der Waals surface area (Å²) in [6, 6.07) is 11.8. The van der Waals surface area contributed by atoms with Crippen LogP contribution < -0.4 is 9.80 Å². The van der Waals surface area contributed by atoms with E-state index in [4.69, 9.17) is 0 Å². The van der Waals surface area contributed by atoms with E-state index >= 15 is 0 Å². The van der Waals surface area contributed by atoms with Gasteiger partial charge in [-0.15, -0.1) is 0 Å². The van der Waals surface area contributed by atoms with Gasteiger partial charge in [0.2, 0.25) is 11.8 Å². The topological polar surface area (TPSA) is 64.5 Å². The zero-order chi connectivity index (χ0) is 35.0. The van der Waals surface area contributed by atoms with Gasteiger partial charge < -0.3 is 9.80 Å². The Morgan fingerprint density at radius 2 is 1.11 bits per heavy atom. The summed E-state index contributed by atoms with van der Waals surface area (Å²) in [4.78, 5) is 26.7. The fourth-order valence-electron chi connectivity index (χ4n) is 4.84. The SMILES string of the molecule is C=C(C)S(=N)(CCCC)(CCCC)CCCC.C=C(C)c1ccc(N(C)C(C)=O)cc1C.CC(=O)N(C)c1ccc(Br)c(C)c1. The Balaban J connectivity index is 0.000000650. The zero-order valence-electron chi connectivity index (χ0n) is 30.2. The van der Waals surface area contributed by atoms with Crippen LogP contribution >= 0.6 is 15.9 Å². The minimum Gasteiger partial charge on any atom is -0.316 e. The van der Waals surface area contributed by atoms with E-state index in [2.05, 4.69) is 56.8 Å². The van der Waals surface area contributed by atoms with Gasteiger partial charge in [0, 0.05) is 43.8 Å². The van der Waals surface area contributed by atoms with E-state index in [1.807, 2.05) is 57.2 Å². The van der Waals surface area contributed by atoms with Crippen molar-refractivity contribution in [3.63, 3.8) is 0 Å². The largest absolute Gasteiger partial charge is 0.316 e. The van der Waals surface area contributed by atoms with Gasteiger partial charge in [-0.2, -0.15) is 8.96 Å². The van der Waals surface area contributed by atoms with Crippen molar-refractivity contribution in [3.8, 4) is 0 Å². The first kappa shape index (κ1) is 42.5. The van der Waals surface area contributed by atoms with E-state index in [1.165, 1.54) is 43.4 Å². The lowest BCUT2D eigenvalue weighted by molar-refractivity contribution is -0.117. The lowest BCUT2D eigenvalue weighted by Crippen LogP contribution is -2.42. The molecule has 0 heterocycles. The molecule has 0 aromatic heterocycles. The van der Waals surface area contributed by atoms with E-state index in [0.29, 0.717) is 0 Å². The number of allylic oxidation sites excluding steroid dienone is 2. The van der Waals surface area contributed by atoms with Gasteiger partial charge in [0.05, 0.1) is 0 Å². The number of amides is 2. The molecule has 0 aliphatic rings. The molecule has 0 bridgehead atoms. The van der Waals surface area contributed by atoms with Gasteiger partial charge >= 0.3 is 0 Å². The fourth-order valence-corrected chi connectivity index (χ4v) is 9.70. The lowest BCUT2D eigenvalue weighted by atomic mass is 10.0. The maximum atomic E-state index is 11.2. The van der Waals surface area contributed by atoms with Gasteiger partial charge in [0.25, 0.3) is 0 Å². The third kappa shape index (κ3) is 13.4. The number of nitrogens with one attached hydrogen (secondary N) is 1. The van der Waals surface area contributed by atoms with Gasteiger partial charge in [-0.05, 0) is 116 Å². The van der Waals surface area contributed by atoms with Crippen molar-refractivity contribution in [3.05, 3.63) is 75.6 Å². The summed E-state index contributed by atoms with van der Waals surface area (Å²) >= 11 is 3.41. The van der Waals surface area contributed by atoms with Gasteiger partial charge in [-0.3, -0.25) is 14.4 Å². The monoisotopic (exact) mass is 703 g/mol. The van der Waals surface area contributed by atoms with Crippen LogP contribution in [0.2, 0.25) is 0 Å². The number of carbonyl (C=O) groups is 2. The molecule has 0 unspecified atom stereocenters. The van der Waals surface area contributed by atoms with Gasteiger partial charge in [0.15, 0.2) is 0 Å². The van der Waals surface area contributed by atoms with E-state index < -0.39 is 8.96 Å². The van der Waals surface area contributed by atoms with Crippen LogP contribution in [0.15, 0.2) is 58.9 Å². The van der Waals surface area contributed by atoms with E-state index in [9.17, 15) is 14.4 Å². The minimum absolute atomic E-state index is 0.0393. The number of aryl methyl sites for hydroxylation is 2. The summed E-state index contributed by atoms with van der Waals surface area (Å²) in [5.74, 6) is 3.38. The molecule has 2 rings (SSSR count). The Labute approximate surface area is 284 Å². The molecule has 0 saturated heterocycles. The minimum atomic E-state index is -2.09. The second-order valence-electron chi connectivity index (χ2n) is 12.3. The molecular weight excluding hydrogens is 642 g/mol. The maximum Gasteiger partial charge on any atom is 0.223 e. The number of unbranched alkanes of at least 4 members (excludes halogenated alkanes) is 3. The highest BCUT2D eigenvalue weighted by Gasteiger charge is 2.31. The smallest absolute Gasteiger partial charge is 0.223 e. The standard InChI is InChI=1S/C15H33NS.C13H17NO.C10H12BrNO/c1-6-9-12-17(16,15(4)5,13-10-7-2)14-11-8-3;1-9(2)13-7-6-12(8-10(13)3)14(5)11(4)15;1-7-6-9(4-5-10(7)11)12(3)8(2)13/h16H,4,6-14H2,1-3,5H3;6-8H,1H2,2-5H3;4-6H,1-3H3. The fraction of sp³-hybridized carbons (Fsp3) is 0.526. The molecule has 0 atom stereocenters. The van der Waals surface area contributed by atoms with Crippen molar-refractivity contribution in [1.29, 1.82) is 4.78 Å². The number of nitrogens with zero attached hydrogens (tertiary/aromatic N) is 2. The molecule has 0 fully saturated rings. The molecular formula is C38H62BrN3O2S. The summed E-state index contributed by atoms with van der Waals surface area (Å²) in [6.07, 6.45) is 7.22. The second kappa shape index (κ2) is 19.9. The first-order valence-electron chi connectivity index (χ1n) is 16.2. The van der Waals surface area contributed by atoms with Crippen molar-refractivity contribution >= 4 is 53.6 Å². The van der Waals surface area contributed by atoms with Crippen LogP contribution in [0.4, 0.5) is 11.4 Å². The van der Waals surface area contributed by atoms with Crippen molar-refractivity contribution in [2.24, 2.45) is 0 Å². The van der Waals surface area contributed by atoms with Crippen LogP contribution in [0.3, 0.4) is 0 Å². The molecule has 0 radical (unpaired) electrons. The van der Waals surface area contributed by atoms with Crippen molar-refractivity contribution in [2.75, 3.05) is 41.2 Å². The van der Waals surface area contributed by atoms with Crippen LogP contribution in [0.1, 0.15) is 104 Å². The molecule has 0 saturated carbocycles. The Hall–Kier alpha value is -2.51. The molecule has 0 aliphatic carbocycles. The Morgan fingerprint density at radius 3 is 1.40 bits per heavy atom. The number of benzene rings is 2. The Morgan fingerprint density at radius 1 is 0.733 bits per heavy atom. The number of rotatable bonds is 13. The molecule has 0 aliphatic heterocycles. The molecule has 254 valence electrons. The first-order valence-corrected chi connectivity index (χ1v) is 19.6. The summed E-state index contributed by atoms with van der Waals surface area (Å²) < 4.78 is 10.3.